The molecule has 2 heterocycles. The van der Waals surface area contributed by atoms with Gasteiger partial charge in [-0.25, -0.2) is 0 Å². The lowest BCUT2D eigenvalue weighted by Gasteiger charge is -2.31. The molecule has 1 aliphatic rings. The van der Waals surface area contributed by atoms with E-state index in [0.29, 0.717) is 37.6 Å². The zero-order chi connectivity index (χ0) is 17.0. The van der Waals surface area contributed by atoms with Crippen LogP contribution in [0.2, 0.25) is 0 Å². The molecule has 1 saturated heterocycles. The summed E-state index contributed by atoms with van der Waals surface area (Å²) in [6.07, 6.45) is 1.65. The molecule has 0 aliphatic carbocycles. The van der Waals surface area contributed by atoms with Crippen molar-refractivity contribution < 1.29 is 14.3 Å². The minimum Gasteiger partial charge on any atom is -0.497 e. The van der Waals surface area contributed by atoms with Gasteiger partial charge in [0.2, 0.25) is 11.0 Å². The van der Waals surface area contributed by atoms with E-state index in [4.69, 9.17) is 15.2 Å². The zero-order valence-electron chi connectivity index (χ0n) is 13.4. The summed E-state index contributed by atoms with van der Waals surface area (Å²) >= 11 is 1.35. The minimum atomic E-state index is -0.892. The minimum absolute atomic E-state index is 0.227. The topological polar surface area (TPSA) is 99.4 Å². The molecule has 0 spiro atoms. The average Bonchev–Trinajstić information content (AvgIpc) is 3.02. The number of amides is 1. The number of nitrogens with zero attached hydrogens (tertiary/aromatic N) is 2. The second-order valence-corrected chi connectivity index (χ2v) is 6.81. The SMILES string of the molecule is COc1cccc(Cc2nnc(NC(=O)C3(N)CCOCC3)s2)c1. The molecule has 3 N–H and O–H groups in total. The Morgan fingerprint density at radius 3 is 2.96 bits per heavy atom. The smallest absolute Gasteiger partial charge is 0.246 e. The molecule has 0 atom stereocenters. The van der Waals surface area contributed by atoms with Crippen molar-refractivity contribution in [3.63, 3.8) is 0 Å². The third-order valence-electron chi connectivity index (χ3n) is 4.01. The van der Waals surface area contributed by atoms with Gasteiger partial charge in [-0.1, -0.05) is 23.5 Å². The van der Waals surface area contributed by atoms with E-state index >= 15 is 0 Å². The van der Waals surface area contributed by atoms with Gasteiger partial charge in [0.15, 0.2) is 0 Å². The summed E-state index contributed by atoms with van der Waals surface area (Å²) < 4.78 is 10.5. The fraction of sp³-hybridized carbons (Fsp3) is 0.438. The monoisotopic (exact) mass is 348 g/mol. The highest BCUT2D eigenvalue weighted by atomic mass is 32.1. The summed E-state index contributed by atoms with van der Waals surface area (Å²) in [7, 11) is 1.64. The third kappa shape index (κ3) is 3.89. The number of nitrogens with one attached hydrogen (secondary N) is 1. The maximum absolute atomic E-state index is 12.4. The van der Waals surface area contributed by atoms with E-state index in [-0.39, 0.29) is 5.91 Å². The zero-order valence-corrected chi connectivity index (χ0v) is 14.3. The highest BCUT2D eigenvalue weighted by Gasteiger charge is 2.36. The van der Waals surface area contributed by atoms with Crippen molar-refractivity contribution >= 4 is 22.4 Å². The maximum Gasteiger partial charge on any atom is 0.246 e. The Labute approximate surface area is 144 Å². The standard InChI is InChI=1S/C16H20N4O3S/c1-22-12-4-2-3-11(9-12)10-13-19-20-15(24-13)18-14(21)16(17)5-7-23-8-6-16/h2-4,9H,5-8,10,17H2,1H3,(H,18,20,21). The summed E-state index contributed by atoms with van der Waals surface area (Å²) in [5.74, 6) is 0.574. The second kappa shape index (κ2) is 7.25. The normalized spacial score (nSPS) is 16.6. The van der Waals surface area contributed by atoms with Crippen LogP contribution in [0.5, 0.6) is 5.75 Å². The van der Waals surface area contributed by atoms with Crippen molar-refractivity contribution in [1.82, 2.24) is 10.2 Å². The number of rotatable bonds is 5. The van der Waals surface area contributed by atoms with E-state index in [1.54, 1.807) is 7.11 Å². The lowest BCUT2D eigenvalue weighted by molar-refractivity contribution is -0.124. The number of carbonyl (C=O) groups excluding carboxylic acids is 1. The average molecular weight is 348 g/mol. The molecule has 1 amide bonds. The summed E-state index contributed by atoms with van der Waals surface area (Å²) in [5.41, 5.74) is 6.34. The molecule has 0 unspecified atom stereocenters. The van der Waals surface area contributed by atoms with Crippen LogP contribution in [0.1, 0.15) is 23.4 Å². The molecule has 0 saturated carbocycles. The van der Waals surface area contributed by atoms with Crippen molar-refractivity contribution in [2.75, 3.05) is 25.6 Å². The van der Waals surface area contributed by atoms with Gasteiger partial charge in [0.25, 0.3) is 0 Å². The molecule has 128 valence electrons. The van der Waals surface area contributed by atoms with Crippen LogP contribution in [0, 0.1) is 0 Å². The molecule has 1 fully saturated rings. The number of aromatic nitrogens is 2. The van der Waals surface area contributed by atoms with Gasteiger partial charge in [0.05, 0.1) is 7.11 Å². The quantitative estimate of drug-likeness (QED) is 0.851. The molecule has 24 heavy (non-hydrogen) atoms. The number of nitrogens with two attached hydrogens (primary N) is 1. The first-order valence-corrected chi connectivity index (χ1v) is 8.54. The molecule has 0 bridgehead atoms. The lowest BCUT2D eigenvalue weighted by atomic mass is 9.90. The molecular formula is C16H20N4O3S. The van der Waals surface area contributed by atoms with Crippen molar-refractivity contribution in [3.8, 4) is 5.75 Å². The molecule has 3 rings (SSSR count). The molecule has 1 aliphatic heterocycles. The van der Waals surface area contributed by atoms with Gasteiger partial charge < -0.3 is 15.2 Å². The van der Waals surface area contributed by atoms with Gasteiger partial charge in [-0.2, -0.15) is 0 Å². The van der Waals surface area contributed by atoms with Crippen LogP contribution in [-0.2, 0) is 16.0 Å². The molecule has 1 aromatic heterocycles. The first kappa shape index (κ1) is 16.8. The van der Waals surface area contributed by atoms with E-state index in [0.717, 1.165) is 16.3 Å². The largest absolute Gasteiger partial charge is 0.497 e. The van der Waals surface area contributed by atoms with Crippen LogP contribution in [0.4, 0.5) is 5.13 Å². The number of anilines is 1. The Kier molecular flexibility index (Phi) is 5.08. The Hall–Kier alpha value is -2.03. The van der Waals surface area contributed by atoms with Crippen LogP contribution in [-0.4, -0.2) is 42.0 Å². The van der Waals surface area contributed by atoms with Crippen molar-refractivity contribution in [2.24, 2.45) is 5.73 Å². The number of ether oxygens (including phenoxy) is 2. The number of carbonyl (C=O) groups is 1. The predicted octanol–water partition coefficient (Wildman–Crippen LogP) is 1.58. The van der Waals surface area contributed by atoms with Crippen molar-refractivity contribution in [3.05, 3.63) is 34.8 Å². The Balaban J connectivity index is 1.63. The summed E-state index contributed by atoms with van der Waals surface area (Å²) in [4.78, 5) is 12.4. The summed E-state index contributed by atoms with van der Waals surface area (Å²) in [5, 5.41) is 12.2. The summed E-state index contributed by atoms with van der Waals surface area (Å²) in [6, 6.07) is 7.78. The molecule has 2 aromatic rings. The van der Waals surface area contributed by atoms with Gasteiger partial charge in [-0.15, -0.1) is 10.2 Å². The number of hydrogen-bond donors (Lipinski definition) is 2. The molecule has 8 heteroatoms. The first-order valence-electron chi connectivity index (χ1n) is 7.72. The second-order valence-electron chi connectivity index (χ2n) is 5.75. The van der Waals surface area contributed by atoms with E-state index < -0.39 is 5.54 Å². The Morgan fingerprint density at radius 1 is 1.42 bits per heavy atom. The van der Waals surface area contributed by atoms with Crippen LogP contribution in [0.25, 0.3) is 0 Å². The highest BCUT2D eigenvalue weighted by Crippen LogP contribution is 2.24. The van der Waals surface area contributed by atoms with Gasteiger partial charge in [0.1, 0.15) is 16.3 Å². The summed E-state index contributed by atoms with van der Waals surface area (Å²) in [6.45, 7) is 1.00. The highest BCUT2D eigenvalue weighted by molar-refractivity contribution is 7.15. The third-order valence-corrected chi connectivity index (χ3v) is 4.85. The fourth-order valence-electron chi connectivity index (χ4n) is 2.52. The molecule has 7 nitrogen and oxygen atoms in total. The molecular weight excluding hydrogens is 328 g/mol. The fourth-order valence-corrected chi connectivity index (χ4v) is 3.29. The van der Waals surface area contributed by atoms with E-state index in [9.17, 15) is 4.79 Å². The van der Waals surface area contributed by atoms with Crippen LogP contribution >= 0.6 is 11.3 Å². The number of methoxy groups -OCH3 is 1. The van der Waals surface area contributed by atoms with Crippen molar-refractivity contribution in [2.45, 2.75) is 24.8 Å². The van der Waals surface area contributed by atoms with E-state index in [1.807, 2.05) is 24.3 Å². The number of benzene rings is 1. The number of hydrogen-bond acceptors (Lipinski definition) is 7. The van der Waals surface area contributed by atoms with Crippen molar-refractivity contribution in [1.29, 1.82) is 0 Å². The molecule has 0 radical (unpaired) electrons. The first-order chi connectivity index (χ1) is 11.6. The predicted molar refractivity (Wildman–Crippen MR) is 91.3 cm³/mol. The lowest BCUT2D eigenvalue weighted by Crippen LogP contribution is -2.54. The maximum atomic E-state index is 12.4. The van der Waals surface area contributed by atoms with Crippen LogP contribution in [0.15, 0.2) is 24.3 Å². The molecule has 1 aromatic carbocycles. The van der Waals surface area contributed by atoms with Crippen LogP contribution < -0.4 is 15.8 Å². The van der Waals surface area contributed by atoms with Gasteiger partial charge in [-0.05, 0) is 30.5 Å². The van der Waals surface area contributed by atoms with Gasteiger partial charge in [-0.3, -0.25) is 10.1 Å². The Bertz CT molecular complexity index is 713. The van der Waals surface area contributed by atoms with Gasteiger partial charge in [0, 0.05) is 19.6 Å². The Morgan fingerprint density at radius 2 is 2.21 bits per heavy atom. The van der Waals surface area contributed by atoms with E-state index in [1.165, 1.54) is 11.3 Å². The van der Waals surface area contributed by atoms with Gasteiger partial charge >= 0.3 is 0 Å². The van der Waals surface area contributed by atoms with E-state index in [2.05, 4.69) is 15.5 Å². The van der Waals surface area contributed by atoms with Crippen LogP contribution in [0.3, 0.4) is 0 Å².